The molecule has 0 saturated heterocycles. The third-order valence-electron chi connectivity index (χ3n) is 2.67. The average molecular weight is 329 g/mol. The number of hydrogen-bond acceptors (Lipinski definition) is 2. The smallest absolute Gasteiger partial charge is 0.0597 e. The van der Waals surface area contributed by atoms with Crippen molar-refractivity contribution in [2.24, 2.45) is 0 Å². The van der Waals surface area contributed by atoms with Gasteiger partial charge in [-0.3, -0.25) is 4.68 Å². The van der Waals surface area contributed by atoms with Crippen molar-refractivity contribution in [3.8, 4) is 0 Å². The largest absolute Gasteiger partial charge is 0.378 e. The van der Waals surface area contributed by atoms with Crippen LogP contribution in [0.3, 0.4) is 0 Å². The first-order valence-corrected chi connectivity index (χ1v) is 6.99. The first kappa shape index (κ1) is 13.4. The Hall–Kier alpha value is -1.000. The number of rotatable bonds is 4. The van der Waals surface area contributed by atoms with Crippen molar-refractivity contribution in [2.75, 3.05) is 5.32 Å². The van der Waals surface area contributed by atoms with Crippen molar-refractivity contribution in [1.82, 2.24) is 9.78 Å². The third kappa shape index (κ3) is 3.06. The minimum absolute atomic E-state index is 0.723. The molecule has 1 N–H and O–H groups in total. The highest BCUT2D eigenvalue weighted by Crippen LogP contribution is 2.26. The van der Waals surface area contributed by atoms with Gasteiger partial charge in [0.25, 0.3) is 0 Å². The van der Waals surface area contributed by atoms with E-state index in [0.717, 1.165) is 34.0 Å². The fourth-order valence-corrected chi connectivity index (χ4v) is 2.39. The summed E-state index contributed by atoms with van der Waals surface area (Å²) in [5, 5.41) is 8.51. The van der Waals surface area contributed by atoms with Gasteiger partial charge in [-0.15, -0.1) is 0 Å². The molecule has 0 spiro atoms. The SMILES string of the molecule is CCn1nc(C)cc1CNc1cc(Cl)ccc1Br. The summed E-state index contributed by atoms with van der Waals surface area (Å²) in [6, 6.07) is 7.80. The Balaban J connectivity index is 2.13. The quantitative estimate of drug-likeness (QED) is 0.910. The Morgan fingerprint density at radius 3 is 2.89 bits per heavy atom. The number of aryl methyl sites for hydroxylation is 2. The van der Waals surface area contributed by atoms with E-state index < -0.39 is 0 Å². The number of aromatic nitrogens is 2. The number of nitrogens with zero attached hydrogens (tertiary/aromatic N) is 2. The molecule has 0 fully saturated rings. The lowest BCUT2D eigenvalue weighted by Gasteiger charge is -2.10. The lowest BCUT2D eigenvalue weighted by Crippen LogP contribution is -2.08. The molecule has 0 aliphatic heterocycles. The summed E-state index contributed by atoms with van der Waals surface area (Å²) in [5.74, 6) is 0. The van der Waals surface area contributed by atoms with E-state index in [4.69, 9.17) is 11.6 Å². The fourth-order valence-electron chi connectivity index (χ4n) is 1.83. The molecule has 1 heterocycles. The van der Waals surface area contributed by atoms with Crippen molar-refractivity contribution in [1.29, 1.82) is 0 Å². The van der Waals surface area contributed by atoms with E-state index in [1.165, 1.54) is 5.69 Å². The molecule has 0 aliphatic rings. The summed E-state index contributed by atoms with van der Waals surface area (Å²) < 4.78 is 3.01. The zero-order valence-corrected chi connectivity index (χ0v) is 12.7. The summed E-state index contributed by atoms with van der Waals surface area (Å²) in [7, 11) is 0. The van der Waals surface area contributed by atoms with Gasteiger partial charge in [-0.2, -0.15) is 5.10 Å². The van der Waals surface area contributed by atoms with Gasteiger partial charge in [0.05, 0.1) is 23.6 Å². The van der Waals surface area contributed by atoms with Crippen molar-refractivity contribution in [2.45, 2.75) is 26.9 Å². The van der Waals surface area contributed by atoms with Gasteiger partial charge in [-0.25, -0.2) is 0 Å². The van der Waals surface area contributed by atoms with Gasteiger partial charge < -0.3 is 5.32 Å². The Bertz CT molecular complexity index is 551. The van der Waals surface area contributed by atoms with E-state index in [9.17, 15) is 0 Å². The molecule has 1 aromatic heterocycles. The van der Waals surface area contributed by atoms with Gasteiger partial charge >= 0.3 is 0 Å². The summed E-state index contributed by atoms with van der Waals surface area (Å²) in [4.78, 5) is 0. The van der Waals surface area contributed by atoms with E-state index in [-0.39, 0.29) is 0 Å². The molecule has 0 aliphatic carbocycles. The molecule has 18 heavy (non-hydrogen) atoms. The number of halogens is 2. The van der Waals surface area contributed by atoms with Gasteiger partial charge in [0, 0.05) is 16.0 Å². The van der Waals surface area contributed by atoms with Crippen molar-refractivity contribution in [3.05, 3.63) is 45.1 Å². The van der Waals surface area contributed by atoms with E-state index in [1.807, 2.05) is 29.8 Å². The van der Waals surface area contributed by atoms with Crippen molar-refractivity contribution >= 4 is 33.2 Å². The van der Waals surface area contributed by atoms with Crippen molar-refractivity contribution in [3.63, 3.8) is 0 Å². The fraction of sp³-hybridized carbons (Fsp3) is 0.308. The molecule has 1 aromatic carbocycles. The second-order valence-corrected chi connectivity index (χ2v) is 5.36. The van der Waals surface area contributed by atoms with Crippen LogP contribution in [-0.4, -0.2) is 9.78 Å². The van der Waals surface area contributed by atoms with Crippen LogP contribution in [0.1, 0.15) is 18.3 Å². The maximum Gasteiger partial charge on any atom is 0.0597 e. The van der Waals surface area contributed by atoms with Crippen molar-refractivity contribution < 1.29 is 0 Å². The van der Waals surface area contributed by atoms with Crippen LogP contribution in [0, 0.1) is 6.92 Å². The summed E-state index contributed by atoms with van der Waals surface area (Å²) >= 11 is 9.48. The summed E-state index contributed by atoms with van der Waals surface area (Å²) in [6.07, 6.45) is 0. The lowest BCUT2D eigenvalue weighted by molar-refractivity contribution is 0.623. The number of benzene rings is 1. The molecule has 0 unspecified atom stereocenters. The third-order valence-corrected chi connectivity index (χ3v) is 3.60. The van der Waals surface area contributed by atoms with Crippen LogP contribution in [0.15, 0.2) is 28.7 Å². The zero-order chi connectivity index (χ0) is 13.1. The van der Waals surface area contributed by atoms with E-state index in [1.54, 1.807) is 0 Å². The van der Waals surface area contributed by atoms with Gasteiger partial charge in [0.2, 0.25) is 0 Å². The van der Waals surface area contributed by atoms with Crippen LogP contribution >= 0.6 is 27.5 Å². The number of anilines is 1. The maximum atomic E-state index is 5.98. The Kier molecular flexibility index (Phi) is 4.30. The minimum Gasteiger partial charge on any atom is -0.378 e. The molecule has 96 valence electrons. The molecule has 0 bridgehead atoms. The van der Waals surface area contributed by atoms with Crippen LogP contribution in [0.25, 0.3) is 0 Å². The van der Waals surface area contributed by atoms with Crippen LogP contribution in [-0.2, 0) is 13.1 Å². The van der Waals surface area contributed by atoms with Crippen LogP contribution < -0.4 is 5.32 Å². The van der Waals surface area contributed by atoms with Gasteiger partial charge in [0.15, 0.2) is 0 Å². The van der Waals surface area contributed by atoms with Crippen LogP contribution in [0.2, 0.25) is 5.02 Å². The lowest BCUT2D eigenvalue weighted by atomic mass is 10.3. The standard InChI is InChI=1S/C13H15BrClN3/c1-3-18-11(6-9(2)17-18)8-16-13-7-10(15)4-5-12(13)14/h4-7,16H,3,8H2,1-2H3. The molecule has 5 heteroatoms. The second kappa shape index (κ2) is 5.76. The monoisotopic (exact) mass is 327 g/mol. The molecule has 0 atom stereocenters. The normalized spacial score (nSPS) is 10.7. The molecule has 0 radical (unpaired) electrons. The molecular weight excluding hydrogens is 314 g/mol. The maximum absolute atomic E-state index is 5.98. The molecule has 0 saturated carbocycles. The van der Waals surface area contributed by atoms with E-state index in [0.29, 0.717) is 0 Å². The highest BCUT2D eigenvalue weighted by molar-refractivity contribution is 9.10. The van der Waals surface area contributed by atoms with Gasteiger partial charge in [-0.05, 0) is 54.0 Å². The Morgan fingerprint density at radius 1 is 1.39 bits per heavy atom. The Morgan fingerprint density at radius 2 is 2.17 bits per heavy atom. The summed E-state index contributed by atoms with van der Waals surface area (Å²) in [5.41, 5.74) is 3.20. The highest BCUT2D eigenvalue weighted by atomic mass is 79.9. The topological polar surface area (TPSA) is 29.9 Å². The first-order chi connectivity index (χ1) is 8.60. The highest BCUT2D eigenvalue weighted by Gasteiger charge is 2.05. The average Bonchev–Trinajstić information content (AvgIpc) is 2.71. The first-order valence-electron chi connectivity index (χ1n) is 5.82. The predicted molar refractivity (Wildman–Crippen MR) is 79.1 cm³/mol. The number of nitrogens with one attached hydrogen (secondary N) is 1. The van der Waals surface area contributed by atoms with Crippen LogP contribution in [0.4, 0.5) is 5.69 Å². The summed E-state index contributed by atoms with van der Waals surface area (Å²) in [6.45, 7) is 5.70. The van der Waals surface area contributed by atoms with Gasteiger partial charge in [0.1, 0.15) is 0 Å². The molecule has 3 nitrogen and oxygen atoms in total. The molecule has 2 rings (SSSR count). The predicted octanol–water partition coefficient (Wildman–Crippen LogP) is 4.24. The minimum atomic E-state index is 0.723. The molecule has 2 aromatic rings. The second-order valence-electron chi connectivity index (χ2n) is 4.07. The van der Waals surface area contributed by atoms with E-state index in [2.05, 4.69) is 39.3 Å². The molecular formula is C13H15BrClN3. The Labute approximate surface area is 120 Å². The van der Waals surface area contributed by atoms with E-state index >= 15 is 0 Å². The molecule has 0 amide bonds. The number of hydrogen-bond donors (Lipinski definition) is 1. The van der Waals surface area contributed by atoms with Gasteiger partial charge in [-0.1, -0.05) is 11.6 Å². The van der Waals surface area contributed by atoms with Crippen LogP contribution in [0.5, 0.6) is 0 Å². The zero-order valence-electron chi connectivity index (χ0n) is 10.4.